The van der Waals surface area contributed by atoms with E-state index in [2.05, 4.69) is 15.7 Å². The molecule has 0 unspecified atom stereocenters. The van der Waals surface area contributed by atoms with Crippen LogP contribution in [0.4, 0.5) is 5.69 Å². The summed E-state index contributed by atoms with van der Waals surface area (Å²) in [6, 6.07) is 8.31. The van der Waals surface area contributed by atoms with Crippen LogP contribution in [0, 0.1) is 0 Å². The van der Waals surface area contributed by atoms with E-state index >= 15 is 0 Å². The zero-order valence-corrected chi connectivity index (χ0v) is 13.8. The van der Waals surface area contributed by atoms with E-state index in [1.807, 2.05) is 35.1 Å². The fraction of sp³-hybridized carbons (Fsp3) is 0.375. The molecule has 2 N–H and O–H groups in total. The van der Waals surface area contributed by atoms with E-state index in [1.165, 1.54) is 25.7 Å². The monoisotopic (exact) mass is 334 g/mol. The summed E-state index contributed by atoms with van der Waals surface area (Å²) in [4.78, 5) is 0. The molecule has 3 rings (SSSR count). The summed E-state index contributed by atoms with van der Waals surface area (Å²) in [5.41, 5.74) is 1.94. The average Bonchev–Trinajstić information content (AvgIpc) is 3.14. The molecule has 22 heavy (non-hydrogen) atoms. The number of anilines is 1. The van der Waals surface area contributed by atoms with Crippen molar-refractivity contribution in [1.82, 2.24) is 15.1 Å². The maximum absolute atomic E-state index is 6.17. The van der Waals surface area contributed by atoms with Gasteiger partial charge in [-0.1, -0.05) is 42.6 Å². The molecule has 1 heterocycles. The molecule has 0 bridgehead atoms. The van der Waals surface area contributed by atoms with Crippen LogP contribution in [-0.4, -0.2) is 20.9 Å². The predicted molar refractivity (Wildman–Crippen MR) is 94.4 cm³/mol. The Labute approximate surface area is 140 Å². The average molecular weight is 335 g/mol. The highest BCUT2D eigenvalue weighted by molar-refractivity contribution is 7.80. The summed E-state index contributed by atoms with van der Waals surface area (Å²) in [5, 5.41) is 12.3. The van der Waals surface area contributed by atoms with Crippen molar-refractivity contribution < 1.29 is 0 Å². The van der Waals surface area contributed by atoms with Gasteiger partial charge in [0.1, 0.15) is 0 Å². The van der Waals surface area contributed by atoms with Gasteiger partial charge in [-0.2, -0.15) is 5.10 Å². The molecule has 0 radical (unpaired) electrons. The number of rotatable bonds is 4. The van der Waals surface area contributed by atoms with Gasteiger partial charge in [0.25, 0.3) is 0 Å². The lowest BCUT2D eigenvalue weighted by atomic mass is 10.2. The van der Waals surface area contributed by atoms with Crippen molar-refractivity contribution in [3.8, 4) is 0 Å². The van der Waals surface area contributed by atoms with Crippen molar-refractivity contribution in [3.05, 3.63) is 47.2 Å². The highest BCUT2D eigenvalue weighted by atomic mass is 35.5. The molecular formula is C16H19ClN4S. The minimum Gasteiger partial charge on any atom is -0.360 e. The molecule has 0 saturated heterocycles. The maximum Gasteiger partial charge on any atom is 0.171 e. The number of nitrogens with one attached hydrogen (secondary N) is 2. The number of aromatic nitrogens is 2. The highest BCUT2D eigenvalue weighted by Gasteiger charge is 2.15. The van der Waals surface area contributed by atoms with Crippen LogP contribution < -0.4 is 10.6 Å². The van der Waals surface area contributed by atoms with Crippen LogP contribution in [0.15, 0.2) is 36.7 Å². The van der Waals surface area contributed by atoms with Gasteiger partial charge in [-0.05, 0) is 36.7 Å². The smallest absolute Gasteiger partial charge is 0.171 e. The third kappa shape index (κ3) is 3.99. The summed E-state index contributed by atoms with van der Waals surface area (Å²) >= 11 is 11.5. The molecule has 1 aliphatic carbocycles. The zero-order chi connectivity index (χ0) is 15.4. The molecule has 0 aliphatic heterocycles. The molecule has 116 valence electrons. The van der Waals surface area contributed by atoms with Crippen molar-refractivity contribution in [2.24, 2.45) is 0 Å². The largest absolute Gasteiger partial charge is 0.360 e. The standard InChI is InChI=1S/C16H19ClN4S/c17-15-8-4-1-5-12(15)10-21-11-14(9-18-21)20-16(22)19-13-6-2-3-7-13/h1,4-5,8-9,11,13H,2-3,6-7,10H2,(H2,19,20,22). The number of hydrogen-bond acceptors (Lipinski definition) is 2. The van der Waals surface area contributed by atoms with Gasteiger partial charge >= 0.3 is 0 Å². The van der Waals surface area contributed by atoms with E-state index in [9.17, 15) is 0 Å². The van der Waals surface area contributed by atoms with Crippen molar-refractivity contribution >= 4 is 34.6 Å². The molecule has 1 aromatic heterocycles. The quantitative estimate of drug-likeness (QED) is 0.834. The lowest BCUT2D eigenvalue weighted by Crippen LogP contribution is -2.35. The van der Waals surface area contributed by atoms with Crippen LogP contribution in [0.3, 0.4) is 0 Å². The molecule has 0 amide bonds. The molecule has 6 heteroatoms. The summed E-state index contributed by atoms with van der Waals surface area (Å²) in [6.45, 7) is 0.643. The van der Waals surface area contributed by atoms with Gasteiger partial charge < -0.3 is 10.6 Å². The van der Waals surface area contributed by atoms with E-state index < -0.39 is 0 Å². The SMILES string of the molecule is S=C(Nc1cnn(Cc2ccccc2Cl)c1)NC1CCCC1. The second-order valence-corrected chi connectivity index (χ2v) is 6.41. The first kappa shape index (κ1) is 15.3. The predicted octanol–water partition coefficient (Wildman–Crippen LogP) is 3.81. The van der Waals surface area contributed by atoms with Gasteiger partial charge in [0, 0.05) is 17.3 Å². The topological polar surface area (TPSA) is 41.9 Å². The van der Waals surface area contributed by atoms with Crippen LogP contribution >= 0.6 is 23.8 Å². The van der Waals surface area contributed by atoms with Crippen molar-refractivity contribution in [1.29, 1.82) is 0 Å². The molecule has 4 nitrogen and oxygen atoms in total. The highest BCUT2D eigenvalue weighted by Crippen LogP contribution is 2.18. The Morgan fingerprint density at radius 3 is 2.86 bits per heavy atom. The summed E-state index contributed by atoms with van der Waals surface area (Å²) < 4.78 is 1.85. The second kappa shape index (κ2) is 7.11. The second-order valence-electron chi connectivity index (χ2n) is 5.60. The van der Waals surface area contributed by atoms with Crippen LogP contribution in [0.25, 0.3) is 0 Å². The lowest BCUT2D eigenvalue weighted by molar-refractivity contribution is 0.634. The first-order valence-corrected chi connectivity index (χ1v) is 8.33. The normalized spacial score (nSPS) is 15.0. The summed E-state index contributed by atoms with van der Waals surface area (Å²) in [6.07, 6.45) is 8.69. The summed E-state index contributed by atoms with van der Waals surface area (Å²) in [5.74, 6) is 0. The Bertz CT molecular complexity index is 649. The van der Waals surface area contributed by atoms with Crippen molar-refractivity contribution in [2.75, 3.05) is 5.32 Å². The van der Waals surface area contributed by atoms with Gasteiger partial charge in [0.2, 0.25) is 0 Å². The third-order valence-electron chi connectivity index (χ3n) is 3.87. The van der Waals surface area contributed by atoms with Crippen molar-refractivity contribution in [3.63, 3.8) is 0 Å². The maximum atomic E-state index is 6.17. The molecule has 1 saturated carbocycles. The van der Waals surface area contributed by atoms with E-state index in [-0.39, 0.29) is 0 Å². The van der Waals surface area contributed by atoms with Crippen LogP contribution in [0.2, 0.25) is 5.02 Å². The van der Waals surface area contributed by atoms with Crippen LogP contribution in [0.5, 0.6) is 0 Å². The molecule has 2 aromatic rings. The van der Waals surface area contributed by atoms with Crippen LogP contribution in [-0.2, 0) is 6.54 Å². The van der Waals surface area contributed by atoms with E-state index in [1.54, 1.807) is 6.20 Å². The number of benzene rings is 1. The van der Waals surface area contributed by atoms with E-state index in [0.29, 0.717) is 17.7 Å². The number of thiocarbonyl (C=S) groups is 1. The van der Waals surface area contributed by atoms with Crippen molar-refractivity contribution in [2.45, 2.75) is 38.3 Å². The van der Waals surface area contributed by atoms with Gasteiger partial charge in [0.15, 0.2) is 5.11 Å². The minimum absolute atomic E-state index is 0.512. The molecule has 1 aliphatic rings. The number of nitrogens with zero attached hydrogens (tertiary/aromatic N) is 2. The Kier molecular flexibility index (Phi) is 4.95. The Morgan fingerprint density at radius 1 is 1.32 bits per heavy atom. The molecule has 1 fully saturated rings. The fourth-order valence-corrected chi connectivity index (χ4v) is 3.22. The Hall–Kier alpha value is -1.59. The first-order chi connectivity index (χ1) is 10.7. The van der Waals surface area contributed by atoms with Gasteiger partial charge in [0.05, 0.1) is 18.4 Å². The number of hydrogen-bond donors (Lipinski definition) is 2. The number of halogens is 1. The van der Waals surface area contributed by atoms with Gasteiger partial charge in [-0.15, -0.1) is 0 Å². The van der Waals surface area contributed by atoms with Gasteiger partial charge in [-0.3, -0.25) is 4.68 Å². The molecule has 0 spiro atoms. The zero-order valence-electron chi connectivity index (χ0n) is 12.3. The Morgan fingerprint density at radius 2 is 2.09 bits per heavy atom. The first-order valence-electron chi connectivity index (χ1n) is 7.54. The van der Waals surface area contributed by atoms with Crippen LogP contribution in [0.1, 0.15) is 31.2 Å². The van der Waals surface area contributed by atoms with E-state index in [4.69, 9.17) is 23.8 Å². The van der Waals surface area contributed by atoms with Gasteiger partial charge in [-0.25, -0.2) is 0 Å². The summed E-state index contributed by atoms with van der Waals surface area (Å²) in [7, 11) is 0. The fourth-order valence-electron chi connectivity index (χ4n) is 2.74. The molecule has 1 aromatic carbocycles. The van der Waals surface area contributed by atoms with E-state index in [0.717, 1.165) is 16.3 Å². The third-order valence-corrected chi connectivity index (χ3v) is 4.46. The lowest BCUT2D eigenvalue weighted by Gasteiger charge is -2.14. The molecular weight excluding hydrogens is 316 g/mol. The minimum atomic E-state index is 0.512. The molecule has 0 atom stereocenters. The Balaban J connectivity index is 1.56.